The number of unbranched alkanes of at least 4 members (excludes halogenated alkanes) is 3. The third-order valence-electron chi connectivity index (χ3n) is 4.82. The summed E-state index contributed by atoms with van der Waals surface area (Å²) in [5.74, 6) is 0.942. The molecule has 1 aromatic carbocycles. The van der Waals surface area contributed by atoms with Gasteiger partial charge in [-0.05, 0) is 37.8 Å². The molecule has 1 heterocycles. The number of Topliss-reactive ketones (excluding diaryl/α,β-unsaturated/α-hetero) is 2. The average Bonchev–Trinajstić information content (AvgIpc) is 2.58. The Bertz CT molecular complexity index is 550. The van der Waals surface area contributed by atoms with Crippen molar-refractivity contribution in [3.05, 3.63) is 29.8 Å². The molecular formula is C21H30O3. The number of carbonyl (C=O) groups is 2. The van der Waals surface area contributed by atoms with Crippen LogP contribution in [0.15, 0.2) is 24.3 Å². The smallest absolute Gasteiger partial charge is 0.173 e. The van der Waals surface area contributed by atoms with E-state index in [9.17, 15) is 9.59 Å². The first-order valence-corrected chi connectivity index (χ1v) is 9.49. The van der Waals surface area contributed by atoms with Gasteiger partial charge in [0.1, 0.15) is 17.6 Å². The molecule has 0 spiro atoms. The Kier molecular flexibility index (Phi) is 7.48. The number of ketones is 2. The maximum absolute atomic E-state index is 12.9. The lowest BCUT2D eigenvalue weighted by Gasteiger charge is -2.32. The van der Waals surface area contributed by atoms with Gasteiger partial charge in [-0.15, -0.1) is 0 Å². The van der Waals surface area contributed by atoms with Crippen LogP contribution in [0.5, 0.6) is 5.75 Å². The molecule has 24 heavy (non-hydrogen) atoms. The van der Waals surface area contributed by atoms with Crippen molar-refractivity contribution in [2.24, 2.45) is 5.92 Å². The molecule has 2 rings (SSSR count). The van der Waals surface area contributed by atoms with E-state index in [0.717, 1.165) is 19.3 Å². The molecule has 1 aliphatic rings. The largest absolute Gasteiger partial charge is 0.489 e. The molecule has 3 nitrogen and oxygen atoms in total. The van der Waals surface area contributed by atoms with Crippen LogP contribution in [-0.2, 0) is 4.79 Å². The monoisotopic (exact) mass is 330 g/mol. The van der Waals surface area contributed by atoms with E-state index >= 15 is 0 Å². The second kappa shape index (κ2) is 9.61. The average molecular weight is 330 g/mol. The minimum absolute atomic E-state index is 0.0846. The summed E-state index contributed by atoms with van der Waals surface area (Å²) in [6, 6.07) is 7.50. The highest BCUT2D eigenvalue weighted by molar-refractivity contribution is 6.01. The highest BCUT2D eigenvalue weighted by atomic mass is 16.5. The molecule has 0 saturated heterocycles. The van der Waals surface area contributed by atoms with Crippen LogP contribution in [-0.4, -0.2) is 17.7 Å². The summed E-state index contributed by atoms with van der Waals surface area (Å²) in [7, 11) is 0. The minimum Gasteiger partial charge on any atom is -0.489 e. The lowest BCUT2D eigenvalue weighted by atomic mass is 9.83. The third kappa shape index (κ3) is 4.93. The molecule has 2 atom stereocenters. The van der Waals surface area contributed by atoms with Crippen molar-refractivity contribution in [3.63, 3.8) is 0 Å². The van der Waals surface area contributed by atoms with Crippen molar-refractivity contribution in [3.8, 4) is 5.75 Å². The van der Waals surface area contributed by atoms with E-state index in [0.29, 0.717) is 30.6 Å². The van der Waals surface area contributed by atoms with E-state index in [1.54, 1.807) is 0 Å². The quantitative estimate of drug-likeness (QED) is 0.542. The van der Waals surface area contributed by atoms with Crippen LogP contribution in [0, 0.1) is 5.92 Å². The Labute approximate surface area is 145 Å². The molecular weight excluding hydrogens is 300 g/mol. The molecule has 0 bridgehead atoms. The second-order valence-electron chi connectivity index (χ2n) is 6.80. The summed E-state index contributed by atoms with van der Waals surface area (Å²) in [6.07, 6.45) is 8.06. The standard InChI is InChI=1S/C21H30O3/c1-3-5-6-7-12-20-18(15-14-16(22)10-4-2)21(23)17-11-8-9-13-19(17)24-20/h8-9,11,13,18,20H,3-7,10,12,14-15H2,1-2H3. The lowest BCUT2D eigenvalue weighted by Crippen LogP contribution is -2.38. The fourth-order valence-electron chi connectivity index (χ4n) is 3.46. The molecule has 0 fully saturated rings. The van der Waals surface area contributed by atoms with Crippen molar-refractivity contribution in [1.82, 2.24) is 0 Å². The lowest BCUT2D eigenvalue weighted by molar-refractivity contribution is -0.119. The van der Waals surface area contributed by atoms with Crippen LogP contribution in [0.4, 0.5) is 0 Å². The SMILES string of the molecule is CCCCCCC1Oc2ccccc2C(=O)C1CCC(=O)CCC. The van der Waals surface area contributed by atoms with Gasteiger partial charge in [-0.1, -0.05) is 45.2 Å². The highest BCUT2D eigenvalue weighted by Gasteiger charge is 2.36. The maximum Gasteiger partial charge on any atom is 0.173 e. The van der Waals surface area contributed by atoms with Crippen LogP contribution in [0.2, 0.25) is 0 Å². The minimum atomic E-state index is -0.178. The first kappa shape index (κ1) is 18.7. The fraction of sp³-hybridized carbons (Fsp3) is 0.619. The van der Waals surface area contributed by atoms with E-state index < -0.39 is 0 Å². The Balaban J connectivity index is 2.06. The van der Waals surface area contributed by atoms with E-state index in [1.807, 2.05) is 31.2 Å². The Morgan fingerprint density at radius 1 is 1.00 bits per heavy atom. The van der Waals surface area contributed by atoms with Crippen LogP contribution in [0.1, 0.15) is 82.0 Å². The van der Waals surface area contributed by atoms with Gasteiger partial charge in [0.2, 0.25) is 0 Å². The number of carbonyl (C=O) groups excluding carboxylic acids is 2. The number of benzene rings is 1. The zero-order valence-electron chi connectivity index (χ0n) is 15.1. The summed E-state index contributed by atoms with van der Waals surface area (Å²) >= 11 is 0. The summed E-state index contributed by atoms with van der Waals surface area (Å²) in [5, 5.41) is 0. The molecule has 0 saturated carbocycles. The number of ether oxygens (including phenoxy) is 1. The molecule has 132 valence electrons. The number of fused-ring (bicyclic) bond motifs is 1. The van der Waals surface area contributed by atoms with Gasteiger partial charge in [0.15, 0.2) is 5.78 Å². The molecule has 2 unspecified atom stereocenters. The van der Waals surface area contributed by atoms with Crippen LogP contribution < -0.4 is 4.74 Å². The fourth-order valence-corrected chi connectivity index (χ4v) is 3.46. The highest BCUT2D eigenvalue weighted by Crippen LogP contribution is 2.35. The van der Waals surface area contributed by atoms with Gasteiger partial charge >= 0.3 is 0 Å². The molecule has 0 aliphatic carbocycles. The predicted octanol–water partition coefficient (Wildman–Crippen LogP) is 5.37. The summed E-state index contributed by atoms with van der Waals surface area (Å²) < 4.78 is 6.16. The van der Waals surface area contributed by atoms with E-state index in [4.69, 9.17) is 4.74 Å². The Hall–Kier alpha value is -1.64. The van der Waals surface area contributed by atoms with Crippen molar-refractivity contribution in [2.75, 3.05) is 0 Å². The zero-order valence-corrected chi connectivity index (χ0v) is 15.1. The topological polar surface area (TPSA) is 43.4 Å². The van der Waals surface area contributed by atoms with Gasteiger partial charge in [-0.25, -0.2) is 0 Å². The first-order valence-electron chi connectivity index (χ1n) is 9.49. The van der Waals surface area contributed by atoms with Crippen molar-refractivity contribution in [2.45, 2.75) is 77.7 Å². The molecule has 1 aromatic rings. The number of para-hydroxylation sites is 1. The van der Waals surface area contributed by atoms with E-state index in [1.165, 1.54) is 19.3 Å². The predicted molar refractivity (Wildman–Crippen MR) is 96.6 cm³/mol. The first-order chi connectivity index (χ1) is 11.7. The number of rotatable bonds is 10. The Morgan fingerprint density at radius 3 is 2.54 bits per heavy atom. The van der Waals surface area contributed by atoms with Gasteiger partial charge in [0.05, 0.1) is 11.5 Å². The third-order valence-corrected chi connectivity index (χ3v) is 4.82. The van der Waals surface area contributed by atoms with E-state index in [-0.39, 0.29) is 23.6 Å². The van der Waals surface area contributed by atoms with Crippen molar-refractivity contribution >= 4 is 11.6 Å². The van der Waals surface area contributed by atoms with Gasteiger partial charge < -0.3 is 4.74 Å². The summed E-state index contributed by atoms with van der Waals surface area (Å²) in [6.45, 7) is 4.21. The second-order valence-corrected chi connectivity index (χ2v) is 6.80. The van der Waals surface area contributed by atoms with Crippen molar-refractivity contribution in [1.29, 1.82) is 0 Å². The zero-order chi connectivity index (χ0) is 17.4. The summed E-state index contributed by atoms with van der Waals surface area (Å²) in [5.41, 5.74) is 0.676. The molecule has 3 heteroatoms. The van der Waals surface area contributed by atoms with Gasteiger partial charge in [0.25, 0.3) is 0 Å². The number of hydrogen-bond donors (Lipinski definition) is 0. The van der Waals surface area contributed by atoms with Gasteiger partial charge in [-0.2, -0.15) is 0 Å². The van der Waals surface area contributed by atoms with Crippen LogP contribution >= 0.6 is 0 Å². The van der Waals surface area contributed by atoms with Crippen LogP contribution in [0.3, 0.4) is 0 Å². The van der Waals surface area contributed by atoms with Crippen molar-refractivity contribution < 1.29 is 14.3 Å². The van der Waals surface area contributed by atoms with E-state index in [2.05, 4.69) is 6.92 Å². The molecule has 1 aliphatic heterocycles. The maximum atomic E-state index is 12.9. The normalized spacial score (nSPS) is 19.7. The summed E-state index contributed by atoms with van der Waals surface area (Å²) in [4.78, 5) is 24.8. The Morgan fingerprint density at radius 2 is 1.79 bits per heavy atom. The molecule has 0 aromatic heterocycles. The molecule has 0 radical (unpaired) electrons. The van der Waals surface area contributed by atoms with Gasteiger partial charge in [0, 0.05) is 12.8 Å². The van der Waals surface area contributed by atoms with Gasteiger partial charge in [-0.3, -0.25) is 9.59 Å². The molecule has 0 N–H and O–H groups in total. The number of hydrogen-bond acceptors (Lipinski definition) is 3. The molecule has 0 amide bonds. The van der Waals surface area contributed by atoms with Crippen LogP contribution in [0.25, 0.3) is 0 Å².